The maximum Gasteiger partial charge on any atom is 0.386 e. The highest BCUT2D eigenvalue weighted by molar-refractivity contribution is 8.44. The van der Waals surface area contributed by atoms with Crippen LogP contribution in [0.25, 0.3) is 22.3 Å². The Morgan fingerprint density at radius 3 is 2.17 bits per heavy atom. The van der Waals surface area contributed by atoms with E-state index in [-0.39, 0.29) is 53.7 Å². The van der Waals surface area contributed by atoms with Gasteiger partial charge in [0.2, 0.25) is 11.8 Å². The van der Waals surface area contributed by atoms with E-state index in [0.29, 0.717) is 0 Å². The van der Waals surface area contributed by atoms with Gasteiger partial charge in [-0.25, -0.2) is 33.3 Å². The number of halogens is 2. The van der Waals surface area contributed by atoms with Crippen LogP contribution in [-0.4, -0.2) is 106 Å². The number of imidazole rings is 2. The Labute approximate surface area is 279 Å². The second kappa shape index (κ2) is 13.5. The fraction of sp³-hybridized carbons (Fsp3) is 0.500. The molecule has 0 saturated carbocycles. The van der Waals surface area contributed by atoms with Gasteiger partial charge < -0.3 is 33.3 Å². The summed E-state index contributed by atoms with van der Waals surface area (Å²) in [7, 11) is 0. The van der Waals surface area contributed by atoms with Gasteiger partial charge in [0.1, 0.15) is 44.2 Å². The van der Waals surface area contributed by atoms with E-state index in [1.54, 1.807) is 12.2 Å². The van der Waals surface area contributed by atoms with Gasteiger partial charge in [0.25, 0.3) is 0 Å². The predicted octanol–water partition coefficient (Wildman–Crippen LogP) is 2.52. The van der Waals surface area contributed by atoms with Gasteiger partial charge in [0.15, 0.2) is 41.0 Å². The largest absolute Gasteiger partial charge is 0.472 e. The minimum atomic E-state index is -4.41. The molecule has 0 amide bonds. The zero-order chi connectivity index (χ0) is 33.6. The second-order valence-corrected chi connectivity index (χ2v) is 16.2. The Balaban J connectivity index is 1.20. The fourth-order valence-electron chi connectivity index (χ4n) is 5.40. The summed E-state index contributed by atoms with van der Waals surface area (Å²) < 4.78 is 86.5. The smallest absolute Gasteiger partial charge is 0.386 e. The SMILES string of the molecule is O=P1(S)OCC2C[C@@H](F)C(O2)n2cnc3c(ncnc32)OC/C=C/COc2ncnc3c2ncn3C2O[C@H](COP(O)(O)=S)[C@@H](O1)[C@H]2F. The topological polar surface area (TPSA) is 209 Å². The standard InChI is InChI=1S/C24H26F2N8O10P2S2/c25-13-5-12-6-41-46(37,48)44-18-14(7-40-45(35,36)47)43-24(15(18)26)34-11-32-17-20(34)28-9-30-22(17)39-4-2-1-3-38-21-16-19(27-8-29-21)33(10-31-16)23(13)42-12/h1-2,8-15,18,23-24H,3-7H2,(H,37,48)(H2,35,36,47)/b2-1+/t12?,13-,14-,15-,18-,23?,24?,46?/m1/s1. The molecule has 7 rings (SSSR count). The quantitative estimate of drug-likeness (QED) is 0.156. The molecule has 0 aliphatic carbocycles. The Hall–Kier alpha value is -2.75. The van der Waals surface area contributed by atoms with Crippen molar-refractivity contribution in [3.8, 4) is 11.8 Å². The highest BCUT2D eigenvalue weighted by Gasteiger charge is 2.51. The summed E-state index contributed by atoms with van der Waals surface area (Å²) in [6.07, 6.45) is -2.10. The first-order valence-electron chi connectivity index (χ1n) is 14.2. The highest BCUT2D eigenvalue weighted by Crippen LogP contribution is 2.57. The molecule has 4 unspecified atom stereocenters. The number of thiol groups is 1. The molecular weight excluding hydrogens is 724 g/mol. The van der Waals surface area contributed by atoms with Crippen LogP contribution in [0.3, 0.4) is 0 Å². The molecule has 7 heterocycles. The van der Waals surface area contributed by atoms with Gasteiger partial charge in [-0.3, -0.25) is 18.2 Å². The number of hydrogen-bond donors (Lipinski definition) is 3. The third-order valence-corrected chi connectivity index (χ3v) is 9.90. The summed E-state index contributed by atoms with van der Waals surface area (Å²) in [6.45, 7) is -9.60. The Bertz CT molecular complexity index is 1940. The van der Waals surface area contributed by atoms with Gasteiger partial charge in [-0.2, -0.15) is 9.97 Å². The molecule has 2 fully saturated rings. The molecule has 4 aromatic heterocycles. The number of nitrogens with zero attached hydrogens (tertiary/aromatic N) is 8. The van der Waals surface area contributed by atoms with Gasteiger partial charge in [-0.15, -0.1) is 0 Å². The number of fused-ring (bicyclic) bond motifs is 6. The summed E-state index contributed by atoms with van der Waals surface area (Å²) in [5.41, 5.74) is 0.818. The Morgan fingerprint density at radius 2 is 1.56 bits per heavy atom. The molecule has 0 radical (unpaired) electrons. The highest BCUT2D eigenvalue weighted by atomic mass is 32.7. The van der Waals surface area contributed by atoms with Crippen molar-refractivity contribution in [1.29, 1.82) is 0 Å². The van der Waals surface area contributed by atoms with Gasteiger partial charge in [-0.1, -0.05) is 12.2 Å². The lowest BCUT2D eigenvalue weighted by atomic mass is 10.1. The minimum Gasteiger partial charge on any atom is -0.472 e. The van der Waals surface area contributed by atoms with Gasteiger partial charge >= 0.3 is 13.5 Å². The Morgan fingerprint density at radius 1 is 0.958 bits per heavy atom. The van der Waals surface area contributed by atoms with E-state index in [2.05, 4.69) is 54.0 Å². The van der Waals surface area contributed by atoms with E-state index >= 15 is 8.78 Å². The number of hydrogen-bond acceptors (Lipinski definition) is 15. The molecule has 18 nitrogen and oxygen atoms in total. The van der Waals surface area contributed by atoms with Gasteiger partial charge in [-0.05, 0) is 24.0 Å². The molecule has 2 N–H and O–H groups in total. The van der Waals surface area contributed by atoms with E-state index in [9.17, 15) is 14.4 Å². The van der Waals surface area contributed by atoms with Crippen LogP contribution in [0.2, 0.25) is 0 Å². The molecule has 8 atom stereocenters. The number of ether oxygens (including phenoxy) is 4. The van der Waals surface area contributed by atoms with Crippen LogP contribution in [0.4, 0.5) is 8.78 Å². The lowest BCUT2D eigenvalue weighted by Gasteiger charge is -2.24. The lowest BCUT2D eigenvalue weighted by Crippen LogP contribution is -2.33. The molecular formula is C24H26F2N8O10P2S2. The van der Waals surface area contributed by atoms with Crippen LogP contribution in [0.1, 0.15) is 18.9 Å². The number of rotatable bonds is 3. The molecule has 24 heteroatoms. The van der Waals surface area contributed by atoms with Crippen molar-refractivity contribution >= 4 is 59.9 Å². The van der Waals surface area contributed by atoms with Crippen LogP contribution in [-0.2, 0) is 39.4 Å². The molecule has 2 saturated heterocycles. The van der Waals surface area contributed by atoms with Gasteiger partial charge in [0.05, 0.1) is 32.0 Å². The van der Waals surface area contributed by atoms with E-state index in [1.165, 1.54) is 34.4 Å². The van der Waals surface area contributed by atoms with Crippen LogP contribution in [0.15, 0.2) is 37.5 Å². The van der Waals surface area contributed by atoms with Crippen molar-refractivity contribution in [2.45, 2.75) is 49.5 Å². The number of aromatic nitrogens is 8. The summed E-state index contributed by atoms with van der Waals surface area (Å²) >= 11 is 8.53. The average molecular weight is 751 g/mol. The van der Waals surface area contributed by atoms with E-state index in [1.807, 2.05) is 0 Å². The number of alkyl halides is 2. The summed E-state index contributed by atoms with van der Waals surface area (Å²) in [4.78, 5) is 44.4. The normalized spacial score (nSPS) is 32.3. The van der Waals surface area contributed by atoms with Crippen molar-refractivity contribution in [2.24, 2.45) is 0 Å². The van der Waals surface area contributed by atoms with Crippen LogP contribution in [0, 0.1) is 0 Å². The molecule has 48 heavy (non-hydrogen) atoms. The molecule has 3 aliphatic heterocycles. The van der Waals surface area contributed by atoms with Crippen molar-refractivity contribution in [3.63, 3.8) is 0 Å². The maximum atomic E-state index is 16.2. The van der Waals surface area contributed by atoms with Crippen molar-refractivity contribution < 1.29 is 55.7 Å². The first-order valence-corrected chi connectivity index (χ1v) is 19.5. The van der Waals surface area contributed by atoms with Crippen molar-refractivity contribution in [1.82, 2.24) is 39.0 Å². The first-order chi connectivity index (χ1) is 23.0. The summed E-state index contributed by atoms with van der Waals surface area (Å²) in [5, 5.41) is 0. The van der Waals surface area contributed by atoms with Crippen LogP contribution >= 0.6 is 25.8 Å². The molecule has 258 valence electrons. The maximum absolute atomic E-state index is 16.2. The summed E-state index contributed by atoms with van der Waals surface area (Å²) in [5.74, 6) is 0.244. The molecule has 0 spiro atoms. The zero-order valence-electron chi connectivity index (χ0n) is 24.3. The van der Waals surface area contributed by atoms with E-state index < -0.39 is 69.8 Å². The summed E-state index contributed by atoms with van der Waals surface area (Å²) in [6, 6.07) is 0. The van der Waals surface area contributed by atoms with E-state index in [4.69, 9.17) is 32.5 Å². The third kappa shape index (κ3) is 6.97. The minimum absolute atomic E-state index is 0.0424. The van der Waals surface area contributed by atoms with Gasteiger partial charge in [0, 0.05) is 6.42 Å². The lowest BCUT2D eigenvalue weighted by molar-refractivity contribution is -0.0441. The van der Waals surface area contributed by atoms with Crippen molar-refractivity contribution in [3.05, 3.63) is 37.5 Å². The molecule has 0 aromatic carbocycles. The Kier molecular flexibility index (Phi) is 9.50. The molecule has 4 aromatic rings. The first kappa shape index (κ1) is 33.7. The fourth-order valence-corrected chi connectivity index (χ4v) is 7.42. The molecule has 3 aliphatic rings. The molecule has 12 bridgehead atoms. The second-order valence-electron chi connectivity index (χ2n) is 10.6. The van der Waals surface area contributed by atoms with Crippen LogP contribution in [0.5, 0.6) is 11.8 Å². The van der Waals surface area contributed by atoms with Crippen molar-refractivity contribution in [2.75, 3.05) is 26.4 Å². The third-order valence-electron chi connectivity index (χ3n) is 7.48. The zero-order valence-corrected chi connectivity index (χ0v) is 27.8. The van der Waals surface area contributed by atoms with E-state index in [0.717, 1.165) is 0 Å². The van der Waals surface area contributed by atoms with Crippen LogP contribution < -0.4 is 9.47 Å². The predicted molar refractivity (Wildman–Crippen MR) is 165 cm³/mol. The monoisotopic (exact) mass is 750 g/mol. The average Bonchev–Trinajstić information content (AvgIpc) is 3.81.